The van der Waals surface area contributed by atoms with E-state index in [1.54, 1.807) is 0 Å². The van der Waals surface area contributed by atoms with Crippen LogP contribution in [0.15, 0.2) is 0 Å². The molecule has 0 bridgehead atoms. The summed E-state index contributed by atoms with van der Waals surface area (Å²) >= 11 is 2.18. The molecule has 0 spiro atoms. The van der Waals surface area contributed by atoms with E-state index in [2.05, 4.69) is 24.6 Å². The number of hydrogen-bond donors (Lipinski definition) is 3. The van der Waals surface area contributed by atoms with E-state index >= 15 is 0 Å². The first-order chi connectivity index (χ1) is 3.65. The maximum absolute atomic E-state index is 7.17. The monoisotopic (exact) mass is 112 g/mol. The van der Waals surface area contributed by atoms with Crippen LogP contribution in [0.5, 0.6) is 0 Å². The molecule has 0 aliphatic heterocycles. The molecule has 0 rings (SSSR count). The van der Waals surface area contributed by atoms with Crippen molar-refractivity contribution in [1.29, 1.82) is 0 Å². The van der Waals surface area contributed by atoms with Crippen molar-refractivity contribution in [2.24, 2.45) is 0 Å². The Kier molecular flexibility index (Phi) is 14.9. The zero-order valence-electron chi connectivity index (χ0n) is 5.33. The average Bonchev–Trinajstić information content (AvgIpc) is 1.65. The van der Waals surface area contributed by atoms with Crippen molar-refractivity contribution in [3.05, 3.63) is 0 Å². The zero-order valence-corrected chi connectivity index (χ0v) is 5.33. The van der Waals surface area contributed by atoms with Crippen LogP contribution in [0.3, 0.4) is 0 Å². The Hall–Kier alpha value is 0.542. The van der Waals surface area contributed by atoms with Crippen LogP contribution in [0.25, 0.3) is 0 Å². The Labute approximate surface area is 59.1 Å². The molecule has 0 aliphatic carbocycles. The van der Waals surface area contributed by atoms with Gasteiger partial charge in [0.25, 0.3) is 0 Å². The molecule has 0 saturated carbocycles. The van der Waals surface area contributed by atoms with Gasteiger partial charge < -0.3 is 15.1 Å². The van der Waals surface area contributed by atoms with Crippen molar-refractivity contribution in [2.45, 2.75) is 18.4 Å². The normalized spacial score (nSPS) is 7.25. The summed E-state index contributed by atoms with van der Waals surface area (Å²) in [5, 5.41) is 22.8. The van der Waals surface area contributed by atoms with Gasteiger partial charge in [0, 0.05) is 0 Å². The van der Waals surface area contributed by atoms with Crippen LogP contribution in [-0.2, 0) is 0 Å². The summed E-state index contributed by atoms with van der Waals surface area (Å²) in [5.74, 6) is 0. The fraction of sp³-hybridized carbons (Fsp3) is 1.00. The molecule has 0 amide bonds. The minimum absolute atomic E-state index is 1.32. The fourth-order valence-electron chi connectivity index (χ4n) is 0. The van der Waals surface area contributed by atoms with Crippen molar-refractivity contribution in [1.82, 2.24) is 0 Å². The third-order valence-corrected chi connectivity index (χ3v) is 0.500. The van der Waals surface area contributed by atoms with Gasteiger partial charge in [0.05, 0.1) is 0 Å². The van der Waals surface area contributed by atoms with Crippen LogP contribution in [-0.4, -0.2) is 40.1 Å². The average molecular weight is 112 g/mol. The Morgan fingerprint density at radius 2 is 1.50 bits per heavy atom. The Bertz CT molecular complexity index is 31.0. The van der Waals surface area contributed by atoms with Gasteiger partial charge in [-0.25, -0.2) is 0 Å². The summed E-state index contributed by atoms with van der Waals surface area (Å²) in [6.07, 6.45) is 1.32. The van der Waals surface area contributed by atoms with Gasteiger partial charge >= 0.3 is 43.5 Å². The summed E-state index contributed by atoms with van der Waals surface area (Å²) in [7, 11) is -2.17. The number of hydrogen-bond acceptors (Lipinski definition) is 3. The van der Waals surface area contributed by atoms with Crippen molar-refractivity contribution in [3.63, 3.8) is 0 Å². The van der Waals surface area contributed by atoms with Gasteiger partial charge in [-0.15, -0.1) is 0 Å². The summed E-state index contributed by atoms with van der Waals surface area (Å²) < 4.78 is 0. The van der Waals surface area contributed by atoms with Crippen LogP contribution in [0, 0.1) is 0 Å². The van der Waals surface area contributed by atoms with Crippen molar-refractivity contribution in [3.8, 4) is 0 Å². The van der Waals surface area contributed by atoms with E-state index in [1.807, 2.05) is 0 Å². The standard InChI is InChI=1S/C3H7.BH3O3.Li/c1-3-2;2-1(3)4;/h1,3H2,2H3;2-4H;. The van der Waals surface area contributed by atoms with Crippen LogP contribution in [0.4, 0.5) is 0 Å². The van der Waals surface area contributed by atoms with Crippen molar-refractivity contribution < 1.29 is 15.1 Å². The molecule has 0 atom stereocenters. The molecule has 0 heterocycles. The first-order valence-electron chi connectivity index (χ1n) is 2.69. The summed E-state index contributed by atoms with van der Waals surface area (Å²) in [5.41, 5.74) is 0. The van der Waals surface area contributed by atoms with Gasteiger partial charge in [-0.2, -0.15) is 0 Å². The molecule has 8 heavy (non-hydrogen) atoms. The third kappa shape index (κ3) is 84.5. The molecule has 0 aromatic carbocycles. The van der Waals surface area contributed by atoms with Gasteiger partial charge in [-0.05, 0) is 0 Å². The molecule has 3 nitrogen and oxygen atoms in total. The zero-order chi connectivity index (χ0) is 6.99. The molecule has 0 aromatic rings. The second-order valence-electron chi connectivity index (χ2n) is 1.35. The molecule has 0 saturated heterocycles. The van der Waals surface area contributed by atoms with E-state index in [9.17, 15) is 0 Å². The van der Waals surface area contributed by atoms with Crippen molar-refractivity contribution in [2.75, 3.05) is 0 Å². The number of rotatable bonds is 1. The summed E-state index contributed by atoms with van der Waals surface area (Å²) in [6, 6.07) is 0. The molecule has 0 aliphatic rings. The van der Waals surface area contributed by atoms with Crippen LogP contribution < -0.4 is 0 Å². The van der Waals surface area contributed by atoms with Crippen LogP contribution in [0.2, 0.25) is 5.09 Å². The Morgan fingerprint density at radius 1 is 1.38 bits per heavy atom. The van der Waals surface area contributed by atoms with E-state index < -0.39 is 7.32 Å². The second kappa shape index (κ2) is 10.5. The first-order valence-corrected chi connectivity index (χ1v) is 2.69. The topological polar surface area (TPSA) is 60.7 Å². The quantitative estimate of drug-likeness (QED) is 0.378. The van der Waals surface area contributed by atoms with Gasteiger partial charge in [0.2, 0.25) is 0 Å². The van der Waals surface area contributed by atoms with Gasteiger partial charge in [0.1, 0.15) is 0 Å². The van der Waals surface area contributed by atoms with E-state index in [-0.39, 0.29) is 0 Å². The molecule has 0 aromatic heterocycles. The Morgan fingerprint density at radius 3 is 1.50 bits per heavy atom. The summed E-state index contributed by atoms with van der Waals surface area (Å²) in [6.45, 7) is 2.18. The molecule has 3 N–H and O–H groups in total. The summed E-state index contributed by atoms with van der Waals surface area (Å²) in [4.78, 5) is 0. The minimum atomic E-state index is -2.17. The predicted octanol–water partition coefficient (Wildman–Crippen LogP) is -1.07. The SMILES string of the molecule is OB(O)O.[Li][CH2]CC. The van der Waals surface area contributed by atoms with Gasteiger partial charge in [-0.1, -0.05) is 0 Å². The fourth-order valence-corrected chi connectivity index (χ4v) is 0. The predicted molar refractivity (Wildman–Crippen MR) is 33.3 cm³/mol. The van der Waals surface area contributed by atoms with Crippen LogP contribution in [0.1, 0.15) is 13.3 Å². The molecule has 0 fully saturated rings. The Balaban J connectivity index is 0. The van der Waals surface area contributed by atoms with E-state index in [0.29, 0.717) is 0 Å². The molecule has 0 radical (unpaired) electrons. The molecule has 0 unspecified atom stereocenters. The van der Waals surface area contributed by atoms with Gasteiger partial charge in [0.15, 0.2) is 0 Å². The van der Waals surface area contributed by atoms with Crippen LogP contribution >= 0.6 is 0 Å². The third-order valence-electron chi connectivity index (χ3n) is 0.500. The van der Waals surface area contributed by atoms with Crippen molar-refractivity contribution >= 4 is 25.0 Å². The molecule has 5 heteroatoms. The maximum atomic E-state index is 7.17. The van der Waals surface area contributed by atoms with E-state index in [4.69, 9.17) is 15.1 Å². The molecule has 44 valence electrons. The molecular weight excluding hydrogens is 102 g/mol. The first kappa shape index (κ1) is 11.4. The van der Waals surface area contributed by atoms with Gasteiger partial charge in [-0.3, -0.25) is 0 Å². The molecular formula is C3H10BLiO3. The second-order valence-corrected chi connectivity index (χ2v) is 1.35. The van der Waals surface area contributed by atoms with E-state index in [0.717, 1.165) is 0 Å². The van der Waals surface area contributed by atoms with E-state index in [1.165, 1.54) is 11.5 Å².